The van der Waals surface area contributed by atoms with Crippen molar-refractivity contribution in [2.75, 3.05) is 51.8 Å². The normalized spacial score (nSPS) is 21.9. The SMILES string of the molecule is CC(C)[C@@H]1NC(=O)[C@@H](NC(=O)[C@H](Cc2ccc(O)cc2)NC(=O)[C@@H]2CCCN2C(=O)CCN)CSSC[C@H](C(=O)N(C)C)NC(=O)[C@H](CCC(=O)O)NC(=O)[C@H](Cc2c[nH]c3ccccc23)NC(=O)[C@H](CCC(N)=O)NC(=O)CCNC(=O)[C@H](CCCNC(=N)N)NC(=O)[C@H](Cc2ccc(O)cc2)NC1=O. The van der Waals surface area contributed by atoms with Gasteiger partial charge in [-0.25, -0.2) is 0 Å². The Morgan fingerprint density at radius 2 is 1.26 bits per heavy atom. The molecule has 0 unspecified atom stereocenters. The largest absolute Gasteiger partial charge is 0.508 e. The van der Waals surface area contributed by atoms with Gasteiger partial charge in [-0.05, 0) is 91.5 Å². The fourth-order valence-electron chi connectivity index (χ4n) is 11.6. The van der Waals surface area contributed by atoms with Gasteiger partial charge in [0, 0.05) is 114 Å². The number of hydrogen-bond acceptors (Lipinski definition) is 20. The number of likely N-dealkylation sites (N-methyl/N-ethyl adjacent to an activating group) is 1. The molecule has 2 aliphatic heterocycles. The molecule has 4 aromatic rings. The number of rotatable bonds is 24. The third-order valence-corrected chi connectivity index (χ3v) is 19.8. The average Bonchev–Trinajstić information content (AvgIpc) is 1.68. The van der Waals surface area contributed by atoms with Crippen molar-refractivity contribution in [1.82, 2.24) is 73.3 Å². The van der Waals surface area contributed by atoms with Crippen LogP contribution in [0.3, 0.4) is 0 Å². The number of aromatic nitrogens is 1. The molecule has 0 saturated carbocycles. The minimum atomic E-state index is -1.72. The Balaban J connectivity index is 1.43. The molecule has 106 heavy (non-hydrogen) atoms. The lowest BCUT2D eigenvalue weighted by atomic mass is 10.00. The van der Waals surface area contributed by atoms with E-state index in [2.05, 4.69) is 63.5 Å². The van der Waals surface area contributed by atoms with Gasteiger partial charge in [0.25, 0.3) is 0 Å². The van der Waals surface area contributed by atoms with Crippen LogP contribution in [-0.2, 0) is 86.4 Å². The third kappa shape index (κ3) is 26.8. The molecule has 37 heteroatoms. The van der Waals surface area contributed by atoms with Gasteiger partial charge in [0.2, 0.25) is 76.8 Å². The monoisotopic (exact) mass is 1510 g/mol. The molecule has 13 amide bonds. The lowest BCUT2D eigenvalue weighted by Crippen LogP contribution is -2.61. The van der Waals surface area contributed by atoms with Gasteiger partial charge in [-0.1, -0.05) is 77.9 Å². The molecule has 3 heterocycles. The highest BCUT2D eigenvalue weighted by molar-refractivity contribution is 8.76. The van der Waals surface area contributed by atoms with Gasteiger partial charge in [-0.15, -0.1) is 0 Å². The van der Waals surface area contributed by atoms with Crippen molar-refractivity contribution < 1.29 is 82.4 Å². The van der Waals surface area contributed by atoms with E-state index >= 15 is 4.79 Å². The van der Waals surface area contributed by atoms with E-state index in [1.165, 1.54) is 67.5 Å². The summed E-state index contributed by atoms with van der Waals surface area (Å²) >= 11 is 0. The van der Waals surface area contributed by atoms with E-state index in [9.17, 15) is 77.6 Å². The molecule has 0 bridgehead atoms. The van der Waals surface area contributed by atoms with Crippen LogP contribution in [0.15, 0.2) is 79.0 Å². The van der Waals surface area contributed by atoms with Crippen LogP contribution >= 0.6 is 21.6 Å². The number of benzene rings is 3. The highest BCUT2D eigenvalue weighted by Crippen LogP contribution is 2.26. The molecule has 0 spiro atoms. The number of phenolic OH excluding ortho intramolecular Hbond substituents is 2. The first kappa shape index (κ1) is 84.2. The van der Waals surface area contributed by atoms with Crippen LogP contribution in [-0.4, -0.2) is 231 Å². The predicted molar refractivity (Wildman–Crippen MR) is 392 cm³/mol. The summed E-state index contributed by atoms with van der Waals surface area (Å²) in [5.41, 5.74) is 18.7. The smallest absolute Gasteiger partial charge is 0.303 e. The number of aliphatic carboxylic acids is 1. The van der Waals surface area contributed by atoms with Crippen molar-refractivity contribution >= 4 is 121 Å². The van der Waals surface area contributed by atoms with Crippen LogP contribution in [0, 0.1) is 11.3 Å². The fourth-order valence-corrected chi connectivity index (χ4v) is 14.0. The number of carbonyl (C=O) groups excluding carboxylic acids is 13. The van der Waals surface area contributed by atoms with E-state index < -0.39 is 188 Å². The molecule has 10 atom stereocenters. The van der Waals surface area contributed by atoms with Crippen LogP contribution in [0.2, 0.25) is 0 Å². The number of H-pyrrole nitrogens is 1. The summed E-state index contributed by atoms with van der Waals surface area (Å²) in [4.78, 5) is 203. The molecule has 3 aromatic carbocycles. The number of primary amides is 1. The second-order valence-electron chi connectivity index (χ2n) is 26.1. The van der Waals surface area contributed by atoms with E-state index in [0.29, 0.717) is 34.0 Å². The van der Waals surface area contributed by atoms with Gasteiger partial charge in [-0.2, -0.15) is 0 Å². The second-order valence-corrected chi connectivity index (χ2v) is 28.7. The van der Waals surface area contributed by atoms with Gasteiger partial charge >= 0.3 is 5.97 Å². The van der Waals surface area contributed by atoms with E-state index in [-0.39, 0.29) is 93.5 Å². The number of phenols is 2. The highest BCUT2D eigenvalue weighted by Gasteiger charge is 2.39. The summed E-state index contributed by atoms with van der Waals surface area (Å²) in [6.45, 7) is 2.99. The van der Waals surface area contributed by atoms with Crippen LogP contribution in [0.4, 0.5) is 0 Å². The number of fused-ring (bicyclic) bond motifs is 1. The quantitative estimate of drug-likeness (QED) is 0.0147. The van der Waals surface area contributed by atoms with Crippen molar-refractivity contribution in [3.05, 3.63) is 95.7 Å². The molecule has 0 radical (unpaired) electrons. The Morgan fingerprint density at radius 3 is 1.90 bits per heavy atom. The fraction of sp³-hybridized carbons (Fsp3) is 0.493. The molecule has 2 aliphatic rings. The summed E-state index contributed by atoms with van der Waals surface area (Å²) in [6, 6.07) is 3.25. The van der Waals surface area contributed by atoms with Crippen molar-refractivity contribution in [1.29, 1.82) is 5.41 Å². The summed E-state index contributed by atoms with van der Waals surface area (Å²) in [7, 11) is 4.58. The summed E-state index contributed by atoms with van der Waals surface area (Å²) in [5.74, 6) is -14.8. The first-order valence-corrected chi connectivity index (χ1v) is 37.0. The molecule has 6 rings (SSSR count). The molecule has 22 N–H and O–H groups in total. The maximum Gasteiger partial charge on any atom is 0.303 e. The zero-order valence-corrected chi connectivity index (χ0v) is 60.9. The third-order valence-electron chi connectivity index (χ3n) is 17.4. The molecule has 2 fully saturated rings. The number of carboxylic acid groups (broad SMARTS) is 1. The van der Waals surface area contributed by atoms with Crippen molar-refractivity contribution in [2.45, 2.75) is 158 Å². The van der Waals surface area contributed by atoms with Crippen molar-refractivity contribution in [3.63, 3.8) is 0 Å². The number of hydrogen-bond donors (Lipinski definition) is 19. The van der Waals surface area contributed by atoms with Crippen LogP contribution < -0.4 is 75.7 Å². The maximum absolute atomic E-state index is 15.1. The minimum absolute atomic E-state index is 0.00968. The number of carboxylic acids is 1. The predicted octanol–water partition coefficient (Wildman–Crippen LogP) is -2.65. The average molecular weight is 1510 g/mol. The van der Waals surface area contributed by atoms with Gasteiger partial charge < -0.3 is 106 Å². The number of aromatic amines is 1. The maximum atomic E-state index is 15.1. The second kappa shape index (κ2) is 41.7. The first-order valence-electron chi connectivity index (χ1n) is 34.6. The standard InChI is InChI=1S/C69H96N18O17S2/c1-37(2)58-67(103)82-49(32-39-15-19-42(89)20-16-39)62(98)78-45(11-7-28-75-69(72)73)59(95)74-29-26-55(91)77-46(21-23-54(71)90)60(96)80-50(33-40-34-76-44-10-6-5-9-43(40)44)64(100)79-47(22-24-57(93)94)61(97)84-52(68(104)86(3)4)36-106-105-35-51(65(101)85-58)83-63(99)48(31-38-13-17-41(88)18-14-38)81-66(102)53-12-8-30-87(53)56(92)25-27-70/h5-6,9-10,13-20,34,37,45-53,58,76,88-89H,7-8,11-12,21-33,35-36,70H2,1-4H3,(H2,71,90)(H,74,95)(H,77,91)(H,78,98)(H,79,100)(H,80,96)(H,81,102)(H,82,103)(H,83,99)(H,84,97)(H,85,101)(H,93,94)(H4,72,73,75)/t45-,46-,47-,48-,49-,50-,51-,52+,53-,58-/m0/s1. The molecule has 35 nitrogen and oxygen atoms in total. The number of aromatic hydroxyl groups is 2. The van der Waals surface area contributed by atoms with Crippen LogP contribution in [0.25, 0.3) is 10.9 Å². The zero-order valence-electron chi connectivity index (χ0n) is 59.3. The Kier molecular flexibility index (Phi) is 33.2. The number of nitrogens with zero attached hydrogens (tertiary/aromatic N) is 2. The number of nitrogens with one attached hydrogen (secondary N) is 13. The van der Waals surface area contributed by atoms with Crippen molar-refractivity contribution in [3.8, 4) is 11.5 Å². The van der Waals surface area contributed by atoms with Crippen LogP contribution in [0.1, 0.15) is 94.7 Å². The summed E-state index contributed by atoms with van der Waals surface area (Å²) < 4.78 is 0. The Bertz CT molecular complexity index is 3790. The topological polar surface area (TPSA) is 556 Å². The molecule has 576 valence electrons. The Morgan fingerprint density at radius 1 is 0.679 bits per heavy atom. The minimum Gasteiger partial charge on any atom is -0.508 e. The van der Waals surface area contributed by atoms with E-state index in [1.54, 1.807) is 44.3 Å². The Labute approximate surface area is 619 Å². The van der Waals surface area contributed by atoms with Gasteiger partial charge in [0.15, 0.2) is 5.96 Å². The highest BCUT2D eigenvalue weighted by atomic mass is 33.1. The number of nitrogens with two attached hydrogens (primary N) is 3. The van der Waals surface area contributed by atoms with Gasteiger partial charge in [-0.3, -0.25) is 72.5 Å². The lowest BCUT2D eigenvalue weighted by molar-refractivity contribution is -0.139. The van der Waals surface area contributed by atoms with Gasteiger partial charge in [0.1, 0.15) is 71.9 Å². The van der Waals surface area contributed by atoms with E-state index in [4.69, 9.17) is 22.6 Å². The molecule has 1 aromatic heterocycles. The number of para-hydroxylation sites is 1. The summed E-state index contributed by atoms with van der Waals surface area (Å²) in [6.07, 6.45) is -1.28. The van der Waals surface area contributed by atoms with Crippen LogP contribution in [0.5, 0.6) is 11.5 Å². The van der Waals surface area contributed by atoms with E-state index in [0.717, 1.165) is 26.5 Å². The summed E-state index contributed by atoms with van der Waals surface area (Å²) in [5, 5.41) is 67.6. The molecular formula is C69H96N18O17S2. The van der Waals surface area contributed by atoms with Crippen molar-refractivity contribution in [2.24, 2.45) is 23.1 Å². The first-order chi connectivity index (χ1) is 50.4. The number of carbonyl (C=O) groups is 14. The van der Waals surface area contributed by atoms with E-state index in [1.807, 2.05) is 0 Å². The molecule has 0 aliphatic carbocycles. The number of guanidine groups is 1. The lowest BCUT2D eigenvalue weighted by Gasteiger charge is -2.29. The molecular weight excluding hydrogens is 1420 g/mol. The molecule has 2 saturated heterocycles. The number of amides is 13. The number of likely N-dealkylation sites (tertiary alicyclic amines) is 1. The van der Waals surface area contributed by atoms with Gasteiger partial charge in [0.05, 0.1) is 0 Å². The zero-order chi connectivity index (χ0) is 77.7. The Hall–Kier alpha value is -10.7.